The molecule has 164 valence electrons. The van der Waals surface area contributed by atoms with Gasteiger partial charge in [0.2, 0.25) is 0 Å². The van der Waals surface area contributed by atoms with Crippen molar-refractivity contribution >= 4 is 11.2 Å². The van der Waals surface area contributed by atoms with Gasteiger partial charge in [-0.25, -0.2) is 18.7 Å². The minimum atomic E-state index is -0.411. The summed E-state index contributed by atoms with van der Waals surface area (Å²) in [6.45, 7) is 0.334. The maximum atomic E-state index is 13.6. The number of imidazole rings is 1. The second-order valence-corrected chi connectivity index (χ2v) is 8.07. The summed E-state index contributed by atoms with van der Waals surface area (Å²) in [5, 5.41) is 0. The average molecular weight is 434 g/mol. The summed E-state index contributed by atoms with van der Waals surface area (Å²) in [6.07, 6.45) is 5.10. The number of nitrogens with zero attached hydrogens (tertiary/aromatic N) is 4. The van der Waals surface area contributed by atoms with E-state index >= 15 is 0 Å². The molecule has 0 unspecified atom stereocenters. The second kappa shape index (κ2) is 8.11. The van der Waals surface area contributed by atoms with Crippen LogP contribution in [0.5, 0.6) is 5.75 Å². The van der Waals surface area contributed by atoms with Gasteiger partial charge in [0.1, 0.15) is 11.6 Å². The second-order valence-electron chi connectivity index (χ2n) is 8.07. The molecular formula is C24H23FN4O3. The monoisotopic (exact) mass is 434 g/mol. The first-order chi connectivity index (χ1) is 15.6. The lowest BCUT2D eigenvalue weighted by atomic mass is 10.2. The molecule has 5 rings (SSSR count). The van der Waals surface area contributed by atoms with E-state index in [4.69, 9.17) is 4.74 Å². The predicted molar refractivity (Wildman–Crippen MR) is 119 cm³/mol. The Morgan fingerprint density at radius 2 is 1.78 bits per heavy atom. The average Bonchev–Trinajstić information content (AvgIpc) is 3.47. The molecule has 7 nitrogen and oxygen atoms in total. The number of benzene rings is 2. The van der Waals surface area contributed by atoms with Crippen LogP contribution in [0.1, 0.15) is 37.3 Å². The van der Waals surface area contributed by atoms with E-state index in [1.165, 1.54) is 21.3 Å². The number of halogens is 1. The van der Waals surface area contributed by atoms with Crippen molar-refractivity contribution in [2.75, 3.05) is 7.11 Å². The van der Waals surface area contributed by atoms with Crippen molar-refractivity contribution in [1.29, 1.82) is 0 Å². The Balaban J connectivity index is 1.79. The molecular weight excluding hydrogens is 411 g/mol. The molecule has 4 aromatic rings. The molecule has 2 aromatic carbocycles. The van der Waals surface area contributed by atoms with Gasteiger partial charge < -0.3 is 9.30 Å². The van der Waals surface area contributed by atoms with Crippen LogP contribution in [0.3, 0.4) is 0 Å². The molecule has 0 N–H and O–H groups in total. The van der Waals surface area contributed by atoms with Crippen LogP contribution in [0.4, 0.5) is 4.39 Å². The molecule has 2 heterocycles. The Bertz CT molecular complexity index is 1400. The summed E-state index contributed by atoms with van der Waals surface area (Å²) >= 11 is 0. The number of hydrogen-bond acceptors (Lipinski definition) is 4. The molecule has 2 aromatic heterocycles. The van der Waals surface area contributed by atoms with Crippen LogP contribution >= 0.6 is 0 Å². The molecule has 1 fully saturated rings. The van der Waals surface area contributed by atoms with Crippen LogP contribution in [0.15, 0.2) is 64.4 Å². The highest BCUT2D eigenvalue weighted by Crippen LogP contribution is 2.29. The molecule has 0 saturated heterocycles. The van der Waals surface area contributed by atoms with Crippen molar-refractivity contribution < 1.29 is 9.13 Å². The fourth-order valence-corrected chi connectivity index (χ4v) is 4.58. The molecule has 1 saturated carbocycles. The quantitative estimate of drug-likeness (QED) is 0.481. The molecule has 1 aliphatic rings. The van der Waals surface area contributed by atoms with Gasteiger partial charge in [0.25, 0.3) is 5.56 Å². The van der Waals surface area contributed by atoms with Gasteiger partial charge in [-0.15, -0.1) is 0 Å². The molecule has 1 aliphatic carbocycles. The number of para-hydroxylation sites is 2. The number of methoxy groups -OCH3 is 1. The smallest absolute Gasteiger partial charge is 0.337 e. The first kappa shape index (κ1) is 20.2. The Morgan fingerprint density at radius 1 is 1.06 bits per heavy atom. The van der Waals surface area contributed by atoms with E-state index in [1.807, 2.05) is 12.1 Å². The highest BCUT2D eigenvalue weighted by molar-refractivity contribution is 5.73. The molecule has 32 heavy (non-hydrogen) atoms. The Labute approximate surface area is 183 Å². The van der Waals surface area contributed by atoms with E-state index in [0.717, 1.165) is 31.2 Å². The van der Waals surface area contributed by atoms with Crippen LogP contribution < -0.4 is 16.0 Å². The minimum absolute atomic E-state index is 0.144. The SMILES string of the molecule is COc1ccccc1-n1c(=O)n(C2CCCC2)c(=O)c2c1ncn2Cc1ccc(F)cc1. The van der Waals surface area contributed by atoms with E-state index in [1.54, 1.807) is 42.3 Å². The van der Waals surface area contributed by atoms with Gasteiger partial charge in [0.15, 0.2) is 11.2 Å². The zero-order valence-corrected chi connectivity index (χ0v) is 17.7. The molecule has 0 aliphatic heterocycles. The zero-order valence-electron chi connectivity index (χ0n) is 17.7. The van der Waals surface area contributed by atoms with E-state index in [2.05, 4.69) is 4.98 Å². The molecule has 0 radical (unpaired) electrons. The van der Waals surface area contributed by atoms with E-state index in [-0.39, 0.29) is 23.1 Å². The van der Waals surface area contributed by atoms with Gasteiger partial charge in [0.05, 0.1) is 19.1 Å². The van der Waals surface area contributed by atoms with Crippen molar-refractivity contribution in [2.24, 2.45) is 0 Å². The maximum Gasteiger partial charge on any atom is 0.337 e. The highest BCUT2D eigenvalue weighted by atomic mass is 19.1. The van der Waals surface area contributed by atoms with Gasteiger partial charge in [-0.05, 0) is 42.7 Å². The first-order valence-electron chi connectivity index (χ1n) is 10.7. The van der Waals surface area contributed by atoms with Gasteiger partial charge in [-0.1, -0.05) is 37.1 Å². The maximum absolute atomic E-state index is 13.6. The third-order valence-electron chi connectivity index (χ3n) is 6.13. The van der Waals surface area contributed by atoms with E-state index in [0.29, 0.717) is 23.5 Å². The first-order valence-corrected chi connectivity index (χ1v) is 10.7. The Morgan fingerprint density at radius 3 is 2.50 bits per heavy atom. The minimum Gasteiger partial charge on any atom is -0.495 e. The summed E-state index contributed by atoms with van der Waals surface area (Å²) < 4.78 is 23.4. The largest absolute Gasteiger partial charge is 0.495 e. The number of hydrogen-bond donors (Lipinski definition) is 0. The van der Waals surface area contributed by atoms with Crippen LogP contribution in [0, 0.1) is 5.82 Å². The van der Waals surface area contributed by atoms with Gasteiger partial charge in [-0.3, -0.25) is 9.36 Å². The summed E-state index contributed by atoms with van der Waals surface area (Å²) in [4.78, 5) is 31.7. The van der Waals surface area contributed by atoms with Gasteiger partial charge in [0, 0.05) is 12.6 Å². The predicted octanol–water partition coefficient (Wildman–Crippen LogP) is 3.66. The summed E-state index contributed by atoms with van der Waals surface area (Å²) in [5.74, 6) is 0.193. The number of aromatic nitrogens is 4. The van der Waals surface area contributed by atoms with Gasteiger partial charge >= 0.3 is 5.69 Å². The number of fused-ring (bicyclic) bond motifs is 1. The lowest BCUT2D eigenvalue weighted by molar-refractivity contribution is 0.411. The molecule has 8 heteroatoms. The van der Waals surface area contributed by atoms with Crippen LogP contribution in [0.2, 0.25) is 0 Å². The fraction of sp³-hybridized carbons (Fsp3) is 0.292. The van der Waals surface area contributed by atoms with E-state index < -0.39 is 5.69 Å². The highest BCUT2D eigenvalue weighted by Gasteiger charge is 2.27. The summed E-state index contributed by atoms with van der Waals surface area (Å²) in [7, 11) is 1.54. The fourth-order valence-electron chi connectivity index (χ4n) is 4.58. The van der Waals surface area contributed by atoms with Crippen LogP contribution in [0.25, 0.3) is 16.9 Å². The standard InChI is InChI=1S/C24H23FN4O3/c1-32-20-9-5-4-8-19(20)29-22-21(23(30)28(24(29)31)18-6-2-3-7-18)27(15-26-22)14-16-10-12-17(25)13-11-16/h4-5,8-13,15,18H,2-3,6-7,14H2,1H3. The lowest BCUT2D eigenvalue weighted by Crippen LogP contribution is -2.42. The number of ether oxygens (including phenoxy) is 1. The number of rotatable bonds is 5. The van der Waals surface area contributed by atoms with Crippen LogP contribution in [-0.2, 0) is 6.54 Å². The van der Waals surface area contributed by atoms with Gasteiger partial charge in [-0.2, -0.15) is 0 Å². The molecule has 0 bridgehead atoms. The van der Waals surface area contributed by atoms with Crippen molar-refractivity contribution in [3.63, 3.8) is 0 Å². The third kappa shape index (κ3) is 3.32. The molecule has 0 amide bonds. The summed E-state index contributed by atoms with van der Waals surface area (Å²) in [5.41, 5.74) is 1.22. The van der Waals surface area contributed by atoms with Crippen molar-refractivity contribution in [3.8, 4) is 11.4 Å². The van der Waals surface area contributed by atoms with Crippen molar-refractivity contribution in [2.45, 2.75) is 38.3 Å². The Hall–Kier alpha value is -3.68. The zero-order chi connectivity index (χ0) is 22.2. The van der Waals surface area contributed by atoms with Crippen molar-refractivity contribution in [1.82, 2.24) is 18.7 Å². The lowest BCUT2D eigenvalue weighted by Gasteiger charge is -2.18. The molecule has 0 spiro atoms. The van der Waals surface area contributed by atoms with Crippen molar-refractivity contribution in [3.05, 3.63) is 87.1 Å². The molecule has 0 atom stereocenters. The summed E-state index contributed by atoms with van der Waals surface area (Å²) in [6, 6.07) is 13.2. The third-order valence-corrected chi connectivity index (χ3v) is 6.13. The Kier molecular flexibility index (Phi) is 5.13. The normalized spacial score (nSPS) is 14.3. The van der Waals surface area contributed by atoms with Crippen LogP contribution in [-0.4, -0.2) is 25.8 Å². The van der Waals surface area contributed by atoms with E-state index in [9.17, 15) is 14.0 Å². The topological polar surface area (TPSA) is 71.1 Å².